The maximum absolute atomic E-state index is 12.8. The van der Waals surface area contributed by atoms with E-state index in [1.807, 2.05) is 20.8 Å². The summed E-state index contributed by atoms with van der Waals surface area (Å²) in [6.07, 6.45) is 2.82. The normalized spacial score (nSPS) is 17.6. The van der Waals surface area contributed by atoms with Crippen molar-refractivity contribution in [3.05, 3.63) is 71.8 Å². The minimum Gasteiger partial charge on any atom is -0.460 e. The van der Waals surface area contributed by atoms with Crippen LogP contribution in [0.15, 0.2) is 60.7 Å². The Bertz CT molecular complexity index is 732. The van der Waals surface area contributed by atoms with Gasteiger partial charge in [-0.3, -0.25) is 9.69 Å². The van der Waals surface area contributed by atoms with Crippen LogP contribution in [0.5, 0.6) is 0 Å². The number of nitrogens with zero attached hydrogens (tertiary/aromatic N) is 1. The molecule has 3 atom stereocenters. The molecule has 2 aromatic carbocycles. The molecule has 0 heterocycles. The molecule has 1 aliphatic rings. The molecule has 29 heavy (non-hydrogen) atoms. The Morgan fingerprint density at radius 2 is 1.38 bits per heavy atom. The first-order valence-corrected chi connectivity index (χ1v) is 10.9. The molecule has 0 aromatic heterocycles. The molecule has 1 aliphatic carbocycles. The molecule has 0 spiro atoms. The summed E-state index contributed by atoms with van der Waals surface area (Å²) in [6, 6.07) is 21.8. The topological polar surface area (TPSA) is 29.5 Å². The largest absolute Gasteiger partial charge is 0.460 e. The standard InChI is InChI=1S/C26H35NO2/c1-19(21-12-8-6-9-13-21)27(20(2)22-14-10-7-11-15-22)24(23-16-17-23)18-25(28)29-26(3,4)5/h6-15,19-20,23-24H,16-18H2,1-5H3/t19-,20-,24+/m1/s1. The first-order valence-electron chi connectivity index (χ1n) is 10.9. The Balaban J connectivity index is 1.92. The quantitative estimate of drug-likeness (QED) is 0.491. The zero-order valence-corrected chi connectivity index (χ0v) is 18.5. The first kappa shape index (κ1) is 21.6. The van der Waals surface area contributed by atoms with Crippen LogP contribution in [0, 0.1) is 5.92 Å². The minimum absolute atomic E-state index is 0.0973. The maximum Gasteiger partial charge on any atom is 0.307 e. The van der Waals surface area contributed by atoms with E-state index in [9.17, 15) is 4.79 Å². The summed E-state index contributed by atoms with van der Waals surface area (Å²) in [5, 5.41) is 0. The van der Waals surface area contributed by atoms with Crippen molar-refractivity contribution in [2.75, 3.05) is 0 Å². The van der Waals surface area contributed by atoms with Crippen molar-refractivity contribution < 1.29 is 9.53 Å². The number of ether oxygens (including phenoxy) is 1. The molecule has 1 saturated carbocycles. The summed E-state index contributed by atoms with van der Waals surface area (Å²) < 4.78 is 5.70. The average molecular weight is 394 g/mol. The highest BCUT2D eigenvalue weighted by molar-refractivity contribution is 5.70. The molecule has 156 valence electrons. The summed E-state index contributed by atoms with van der Waals surface area (Å²) >= 11 is 0. The van der Waals surface area contributed by atoms with Gasteiger partial charge in [-0.15, -0.1) is 0 Å². The molecule has 3 nitrogen and oxygen atoms in total. The predicted octanol–water partition coefficient (Wildman–Crippen LogP) is 6.32. The van der Waals surface area contributed by atoms with Crippen LogP contribution in [0.1, 0.15) is 77.1 Å². The van der Waals surface area contributed by atoms with Gasteiger partial charge in [-0.1, -0.05) is 60.7 Å². The van der Waals surface area contributed by atoms with Crippen molar-refractivity contribution in [1.82, 2.24) is 4.90 Å². The van der Waals surface area contributed by atoms with Gasteiger partial charge in [-0.05, 0) is 64.5 Å². The van der Waals surface area contributed by atoms with E-state index in [0.717, 1.165) is 0 Å². The van der Waals surface area contributed by atoms with Crippen molar-refractivity contribution in [1.29, 1.82) is 0 Å². The van der Waals surface area contributed by atoms with E-state index < -0.39 is 5.60 Å². The molecular formula is C26H35NO2. The number of hydrogen-bond acceptors (Lipinski definition) is 3. The van der Waals surface area contributed by atoms with Crippen molar-refractivity contribution in [3.8, 4) is 0 Å². The Labute approximate surface area is 176 Å². The van der Waals surface area contributed by atoms with E-state index in [1.165, 1.54) is 24.0 Å². The van der Waals surface area contributed by atoms with Gasteiger partial charge in [0.15, 0.2) is 0 Å². The summed E-state index contributed by atoms with van der Waals surface area (Å²) in [6.45, 7) is 10.3. The van der Waals surface area contributed by atoms with Gasteiger partial charge in [0.1, 0.15) is 5.60 Å². The van der Waals surface area contributed by atoms with Crippen LogP contribution in [-0.2, 0) is 9.53 Å². The Morgan fingerprint density at radius 1 is 0.931 bits per heavy atom. The highest BCUT2D eigenvalue weighted by Crippen LogP contribution is 2.44. The summed E-state index contributed by atoms with van der Waals surface area (Å²) in [5.74, 6) is 0.458. The Kier molecular flexibility index (Phi) is 6.79. The third-order valence-electron chi connectivity index (χ3n) is 5.80. The second kappa shape index (κ2) is 9.13. The second-order valence-corrected chi connectivity index (χ2v) is 9.32. The second-order valence-electron chi connectivity index (χ2n) is 9.32. The fraction of sp³-hybridized carbons (Fsp3) is 0.500. The van der Waals surface area contributed by atoms with Crippen molar-refractivity contribution in [3.63, 3.8) is 0 Å². The van der Waals surface area contributed by atoms with Crippen LogP contribution >= 0.6 is 0 Å². The van der Waals surface area contributed by atoms with Gasteiger partial charge in [0.05, 0.1) is 6.42 Å². The van der Waals surface area contributed by atoms with Gasteiger partial charge in [-0.25, -0.2) is 0 Å². The van der Waals surface area contributed by atoms with Gasteiger partial charge in [0, 0.05) is 18.1 Å². The fourth-order valence-corrected chi connectivity index (χ4v) is 4.27. The Hall–Kier alpha value is -2.13. The van der Waals surface area contributed by atoms with Crippen LogP contribution in [0.4, 0.5) is 0 Å². The lowest BCUT2D eigenvalue weighted by Gasteiger charge is -2.41. The van der Waals surface area contributed by atoms with Gasteiger partial charge >= 0.3 is 5.97 Å². The number of benzene rings is 2. The van der Waals surface area contributed by atoms with Gasteiger partial charge in [0.25, 0.3) is 0 Å². The van der Waals surface area contributed by atoms with Gasteiger partial charge < -0.3 is 4.74 Å². The van der Waals surface area contributed by atoms with Crippen molar-refractivity contribution in [2.45, 2.75) is 77.6 Å². The minimum atomic E-state index is -0.452. The van der Waals surface area contributed by atoms with E-state index in [2.05, 4.69) is 79.4 Å². The van der Waals surface area contributed by atoms with Gasteiger partial charge in [-0.2, -0.15) is 0 Å². The predicted molar refractivity (Wildman–Crippen MR) is 119 cm³/mol. The third-order valence-corrected chi connectivity index (χ3v) is 5.80. The maximum atomic E-state index is 12.8. The molecule has 0 N–H and O–H groups in total. The number of carbonyl (C=O) groups is 1. The first-order chi connectivity index (χ1) is 13.8. The highest BCUT2D eigenvalue weighted by atomic mass is 16.6. The molecule has 3 rings (SSSR count). The lowest BCUT2D eigenvalue weighted by Crippen LogP contribution is -2.43. The molecule has 0 amide bonds. The molecule has 2 aromatic rings. The molecule has 0 bridgehead atoms. The Morgan fingerprint density at radius 3 is 1.76 bits per heavy atom. The number of esters is 1. The van der Waals surface area contributed by atoms with E-state index in [1.54, 1.807) is 0 Å². The van der Waals surface area contributed by atoms with Crippen LogP contribution < -0.4 is 0 Å². The van der Waals surface area contributed by atoms with Crippen LogP contribution in [-0.4, -0.2) is 22.5 Å². The summed E-state index contributed by atoms with van der Waals surface area (Å²) in [4.78, 5) is 15.3. The third kappa shape index (κ3) is 5.93. The van der Waals surface area contributed by atoms with Crippen LogP contribution in [0.2, 0.25) is 0 Å². The molecule has 3 heteroatoms. The summed E-state index contributed by atoms with van der Waals surface area (Å²) in [5.41, 5.74) is 2.11. The molecule has 0 radical (unpaired) electrons. The lowest BCUT2D eigenvalue weighted by molar-refractivity contribution is -0.157. The van der Waals surface area contributed by atoms with Crippen molar-refractivity contribution in [2.24, 2.45) is 5.92 Å². The molecular weight excluding hydrogens is 358 g/mol. The molecule has 0 aliphatic heterocycles. The zero-order chi connectivity index (χ0) is 21.0. The monoisotopic (exact) mass is 393 g/mol. The van der Waals surface area contributed by atoms with E-state index in [-0.39, 0.29) is 24.1 Å². The van der Waals surface area contributed by atoms with Crippen molar-refractivity contribution >= 4 is 5.97 Å². The van der Waals surface area contributed by atoms with E-state index in [0.29, 0.717) is 12.3 Å². The zero-order valence-electron chi connectivity index (χ0n) is 18.5. The van der Waals surface area contributed by atoms with Gasteiger partial charge in [0.2, 0.25) is 0 Å². The van der Waals surface area contributed by atoms with E-state index >= 15 is 0 Å². The number of rotatable bonds is 8. The number of carbonyl (C=O) groups excluding carboxylic acids is 1. The summed E-state index contributed by atoms with van der Waals surface area (Å²) in [7, 11) is 0. The molecule has 1 fully saturated rings. The number of hydrogen-bond donors (Lipinski definition) is 0. The smallest absolute Gasteiger partial charge is 0.307 e. The SMILES string of the molecule is C[C@H](c1ccccc1)N([C@H](C)c1ccccc1)[C@@H](CC(=O)OC(C)(C)C)C1CC1. The fourth-order valence-electron chi connectivity index (χ4n) is 4.27. The van der Waals surface area contributed by atoms with Crippen LogP contribution in [0.25, 0.3) is 0 Å². The lowest BCUT2D eigenvalue weighted by atomic mass is 9.95. The molecule has 0 saturated heterocycles. The molecule has 0 unspecified atom stereocenters. The average Bonchev–Trinajstić information content (AvgIpc) is 3.52. The highest BCUT2D eigenvalue weighted by Gasteiger charge is 2.41. The van der Waals surface area contributed by atoms with Crippen LogP contribution in [0.3, 0.4) is 0 Å². The van der Waals surface area contributed by atoms with E-state index in [4.69, 9.17) is 4.74 Å².